The van der Waals surface area contributed by atoms with Crippen LogP contribution in [0.2, 0.25) is 0 Å². The quantitative estimate of drug-likeness (QED) is 0.185. The highest BCUT2D eigenvalue weighted by Gasteiger charge is 2.62. The van der Waals surface area contributed by atoms with Crippen LogP contribution in [-0.4, -0.2) is 101 Å². The van der Waals surface area contributed by atoms with Crippen LogP contribution in [0.3, 0.4) is 0 Å². The molecule has 2 aliphatic heterocycles. The van der Waals surface area contributed by atoms with Crippen molar-refractivity contribution in [1.29, 1.82) is 0 Å². The number of fused-ring (bicyclic) bond motifs is 3. The normalized spacial score (nSPS) is 27.2. The van der Waals surface area contributed by atoms with Gasteiger partial charge < -0.3 is 34.5 Å². The highest BCUT2D eigenvalue weighted by atomic mass is 32.2. The van der Waals surface area contributed by atoms with Crippen molar-refractivity contribution in [2.24, 2.45) is 17.8 Å². The maximum atomic E-state index is 15.0. The number of nitrogens with one attached hydrogen (secondary N) is 3. The van der Waals surface area contributed by atoms with Gasteiger partial charge in [0.25, 0.3) is 5.91 Å². The Morgan fingerprint density at radius 1 is 1.00 bits per heavy atom. The van der Waals surface area contributed by atoms with Crippen molar-refractivity contribution in [2.75, 3.05) is 13.7 Å². The summed E-state index contributed by atoms with van der Waals surface area (Å²) < 4.78 is 51.9. The summed E-state index contributed by atoms with van der Waals surface area (Å²) in [5.74, 6) is -0.891. The first-order valence-electron chi connectivity index (χ1n) is 21.9. The van der Waals surface area contributed by atoms with Gasteiger partial charge in [0, 0.05) is 28.2 Å². The van der Waals surface area contributed by atoms with E-state index in [0.29, 0.717) is 59.5 Å². The summed E-state index contributed by atoms with van der Waals surface area (Å²) in [4.78, 5) is 68.1. The Morgan fingerprint density at radius 3 is 2.38 bits per heavy atom. The van der Waals surface area contributed by atoms with Crippen LogP contribution < -0.4 is 29.6 Å². The Hall–Kier alpha value is -5.45. The molecule has 16 nitrogen and oxygen atoms in total. The monoisotopic (exact) mass is 894 g/mol. The molecule has 3 N–H and O–H groups in total. The van der Waals surface area contributed by atoms with E-state index in [-0.39, 0.29) is 47.5 Å². The third-order valence-corrected chi connectivity index (χ3v) is 13.7. The number of amides is 4. The lowest BCUT2D eigenvalue weighted by Gasteiger charge is -2.33. The third kappa shape index (κ3) is 10.7. The van der Waals surface area contributed by atoms with Gasteiger partial charge in [0.2, 0.25) is 27.7 Å². The molecule has 0 bridgehead atoms. The van der Waals surface area contributed by atoms with Crippen LogP contribution in [0.4, 0.5) is 4.79 Å². The minimum atomic E-state index is -3.94. The van der Waals surface area contributed by atoms with E-state index in [1.807, 2.05) is 57.2 Å². The minimum Gasteiger partial charge on any atom is -0.497 e. The molecular weight excluding hydrogens is 829 g/mol. The van der Waals surface area contributed by atoms with Crippen molar-refractivity contribution in [1.82, 2.24) is 30.2 Å². The highest BCUT2D eigenvalue weighted by Crippen LogP contribution is 2.46. The number of aromatic nitrogens is 2. The Balaban J connectivity index is 0.00000317. The Morgan fingerprint density at radius 2 is 1.71 bits per heavy atom. The molecule has 1 saturated heterocycles. The summed E-state index contributed by atoms with van der Waals surface area (Å²) >= 11 is 0. The molecule has 7 atom stereocenters. The average Bonchev–Trinajstić information content (AvgIpc) is 4.14. The van der Waals surface area contributed by atoms with Crippen LogP contribution in [0.15, 0.2) is 54.6 Å². The second-order valence-corrected chi connectivity index (χ2v) is 20.8. The lowest BCUT2D eigenvalue weighted by atomic mass is 9.88. The lowest BCUT2D eigenvalue weighted by Crippen LogP contribution is -2.59. The molecule has 4 aliphatic rings. The van der Waals surface area contributed by atoms with Crippen molar-refractivity contribution in [2.45, 2.75) is 134 Å². The predicted molar refractivity (Wildman–Crippen MR) is 242 cm³/mol. The van der Waals surface area contributed by atoms with E-state index in [1.165, 1.54) is 4.90 Å². The smallest absolute Gasteiger partial charge is 0.408 e. The molecule has 0 spiro atoms. The maximum Gasteiger partial charge on any atom is 0.408 e. The second-order valence-electron chi connectivity index (χ2n) is 18.8. The molecule has 346 valence electrons. The van der Waals surface area contributed by atoms with Crippen LogP contribution >= 0.6 is 0 Å². The topological polar surface area (TPSA) is 204 Å². The summed E-state index contributed by atoms with van der Waals surface area (Å²) in [6.45, 7) is 13.0. The van der Waals surface area contributed by atoms with Gasteiger partial charge in [-0.15, -0.1) is 0 Å². The zero-order valence-electron chi connectivity index (χ0n) is 37.3. The van der Waals surface area contributed by atoms with E-state index in [1.54, 1.807) is 46.1 Å². The number of carbonyl (C=O) groups excluding carboxylic acids is 4. The first-order valence-corrected chi connectivity index (χ1v) is 23.4. The van der Waals surface area contributed by atoms with Gasteiger partial charge in [0.1, 0.15) is 40.8 Å². The van der Waals surface area contributed by atoms with Gasteiger partial charge >= 0.3 is 6.09 Å². The average molecular weight is 895 g/mol. The van der Waals surface area contributed by atoms with Crippen molar-refractivity contribution < 1.29 is 50.8 Å². The lowest BCUT2D eigenvalue weighted by molar-refractivity contribution is -0.142. The molecule has 1 aromatic heterocycles. The summed E-state index contributed by atoms with van der Waals surface area (Å²) in [5, 5.41) is 5.65. The maximum absolute atomic E-state index is 15.0. The number of carbonyl (C=O) groups is 4. The molecule has 3 heterocycles. The summed E-state index contributed by atoms with van der Waals surface area (Å²) in [7, 11) is -2.38. The number of nitrogens with zero attached hydrogens (tertiary/aromatic N) is 3. The fourth-order valence-corrected chi connectivity index (χ4v) is 9.83. The van der Waals surface area contributed by atoms with Gasteiger partial charge in [-0.05, 0) is 121 Å². The molecule has 63 heavy (non-hydrogen) atoms. The molecule has 2 saturated carbocycles. The number of alkyl carbamates (subject to hydrolysis) is 1. The Bertz CT molecular complexity index is 2380. The minimum absolute atomic E-state index is 0. The number of rotatable bonds is 10. The summed E-state index contributed by atoms with van der Waals surface area (Å²) in [6, 6.07) is 10.4. The van der Waals surface area contributed by atoms with Crippen LogP contribution in [0.5, 0.6) is 17.4 Å². The van der Waals surface area contributed by atoms with Gasteiger partial charge in [0.15, 0.2) is 5.82 Å². The molecule has 17 heteroatoms. The van der Waals surface area contributed by atoms with Gasteiger partial charge in [-0.2, -0.15) is 4.98 Å². The van der Waals surface area contributed by atoms with E-state index < -0.39 is 74.3 Å². The zero-order chi connectivity index (χ0) is 45.4. The molecule has 2 aliphatic carbocycles. The zero-order valence-corrected chi connectivity index (χ0v) is 38.1. The molecular formula is C46H66N6O10S. The number of allylic oxidation sites excluding steroid dienone is 1. The van der Waals surface area contributed by atoms with Crippen molar-refractivity contribution >= 4 is 44.7 Å². The molecule has 1 unspecified atom stereocenters. The van der Waals surface area contributed by atoms with E-state index in [9.17, 15) is 22.8 Å². The van der Waals surface area contributed by atoms with E-state index in [4.69, 9.17) is 28.9 Å². The van der Waals surface area contributed by atoms with Crippen LogP contribution in [-0.2, 0) is 29.1 Å². The fraction of sp³-hybridized carbons (Fsp3) is 0.565. The SMILES string of the molecule is COc1ccc2c(O[C@@H]3C[C@H]4C(=O)N[C@]5(C(=O)NS(=O)(=O)C6CC6)C[C@H]5/C=C\CC[C@H](C)C[C@@H](C)C(NC(=O)OC(C)(C)C)C(=O)N4C3)nc(-c3ccc(OC(C)C)cc3)nc2c1.[HH].[HH].[HH]. The number of ether oxygens (including phenoxy) is 4. The number of hydrogen-bond acceptors (Lipinski definition) is 12. The van der Waals surface area contributed by atoms with E-state index in [0.717, 1.165) is 6.42 Å². The molecule has 4 amide bonds. The number of benzene rings is 2. The Labute approximate surface area is 373 Å². The van der Waals surface area contributed by atoms with Crippen molar-refractivity contribution in [3.8, 4) is 28.8 Å². The van der Waals surface area contributed by atoms with Gasteiger partial charge in [0.05, 0.1) is 35.9 Å². The van der Waals surface area contributed by atoms with Gasteiger partial charge in [-0.25, -0.2) is 18.2 Å². The molecule has 0 radical (unpaired) electrons. The largest absolute Gasteiger partial charge is 0.497 e. The van der Waals surface area contributed by atoms with Crippen molar-refractivity contribution in [3.05, 3.63) is 54.6 Å². The molecule has 2 aromatic carbocycles. The molecule has 3 aromatic rings. The molecule has 7 rings (SSSR count). The fourth-order valence-electron chi connectivity index (χ4n) is 8.47. The van der Waals surface area contributed by atoms with Crippen molar-refractivity contribution in [3.63, 3.8) is 0 Å². The first kappa shape index (κ1) is 45.6. The van der Waals surface area contributed by atoms with Crippen LogP contribution in [0.1, 0.15) is 97.7 Å². The van der Waals surface area contributed by atoms with Gasteiger partial charge in [-0.1, -0.05) is 26.0 Å². The number of methoxy groups -OCH3 is 1. The predicted octanol–water partition coefficient (Wildman–Crippen LogP) is 6.57. The standard InChI is InChI=1S/C46H60N6O10S.3H2/c1-26(2)60-31-15-13-29(14-16-31)39-47-36-22-32(59-8)17-20-35(36)41(49-39)61-33-23-37-40(53)50-46(43(55)51-63(57,58)34-18-19-34)24-30(46)12-10-9-11-27(3)21-28(4)38(42(54)52(37)25-33)48-44(56)62-45(5,6)7;;;/h10,12-17,20,22,26-28,30,33-34,37-38H,9,11,18-19,21,23-25H2,1-8H3,(H,48,56)(H,50,53)(H,51,55);3*1H/b12-10-;;;/t27-,28+,30+,33+,37-,38?,46+;;;/m0.../s1. The highest BCUT2D eigenvalue weighted by molar-refractivity contribution is 7.91. The number of sulfonamides is 1. The summed E-state index contributed by atoms with van der Waals surface area (Å²) in [5.41, 5.74) is -1.18. The van der Waals surface area contributed by atoms with Crippen LogP contribution in [0.25, 0.3) is 22.3 Å². The van der Waals surface area contributed by atoms with E-state index >= 15 is 4.79 Å². The first-order chi connectivity index (χ1) is 29.7. The summed E-state index contributed by atoms with van der Waals surface area (Å²) in [6.07, 6.45) is 5.29. The number of hydrogen-bond donors (Lipinski definition) is 3. The van der Waals surface area contributed by atoms with Gasteiger partial charge in [-0.3, -0.25) is 19.1 Å². The second kappa shape index (κ2) is 18.0. The Kier molecular flexibility index (Phi) is 13.0. The van der Waals surface area contributed by atoms with E-state index in [2.05, 4.69) is 22.3 Å². The molecule has 3 fully saturated rings. The van der Waals surface area contributed by atoms with Crippen LogP contribution in [0, 0.1) is 17.8 Å². The third-order valence-electron chi connectivity index (χ3n) is 11.9.